The Hall–Kier alpha value is -1.36. The van der Waals surface area contributed by atoms with Crippen molar-refractivity contribution in [3.63, 3.8) is 0 Å². The predicted octanol–water partition coefficient (Wildman–Crippen LogP) is 0.914. The molecule has 5 nitrogen and oxygen atoms in total. The molecule has 1 aromatic rings. The zero-order valence-corrected chi connectivity index (χ0v) is 10.3. The number of H-pyrrole nitrogens is 1. The van der Waals surface area contributed by atoms with Crippen LogP contribution in [0.1, 0.15) is 19.3 Å². The fourth-order valence-electron chi connectivity index (χ4n) is 2.22. The molecule has 0 unspecified atom stereocenters. The van der Waals surface area contributed by atoms with Crippen molar-refractivity contribution >= 4 is 5.82 Å². The number of piperidine rings is 1. The second-order valence-corrected chi connectivity index (χ2v) is 4.76. The van der Waals surface area contributed by atoms with E-state index in [0.717, 1.165) is 18.9 Å². The molecule has 94 valence electrons. The first-order valence-corrected chi connectivity index (χ1v) is 6.21. The van der Waals surface area contributed by atoms with Crippen LogP contribution < -0.4 is 10.9 Å². The first-order valence-electron chi connectivity index (χ1n) is 6.21. The van der Waals surface area contributed by atoms with E-state index in [1.807, 2.05) is 0 Å². The van der Waals surface area contributed by atoms with Crippen molar-refractivity contribution in [1.29, 1.82) is 0 Å². The minimum atomic E-state index is -0.109. The number of anilines is 1. The quantitative estimate of drug-likeness (QED) is 0.816. The van der Waals surface area contributed by atoms with Crippen molar-refractivity contribution in [1.82, 2.24) is 14.9 Å². The lowest BCUT2D eigenvalue weighted by molar-refractivity contribution is 0.215. The van der Waals surface area contributed by atoms with Crippen LogP contribution in [0.2, 0.25) is 0 Å². The summed E-state index contributed by atoms with van der Waals surface area (Å²) in [6.07, 6.45) is 5.14. The summed E-state index contributed by atoms with van der Waals surface area (Å²) in [5, 5.41) is 3.20. The van der Waals surface area contributed by atoms with E-state index in [1.165, 1.54) is 38.3 Å². The van der Waals surface area contributed by atoms with Gasteiger partial charge in [0.05, 0.1) is 6.33 Å². The highest BCUT2D eigenvalue weighted by Gasteiger charge is 2.15. The van der Waals surface area contributed by atoms with Crippen molar-refractivity contribution in [3.05, 3.63) is 22.7 Å². The van der Waals surface area contributed by atoms with E-state index >= 15 is 0 Å². The molecule has 2 heterocycles. The van der Waals surface area contributed by atoms with Gasteiger partial charge in [-0.05, 0) is 45.3 Å². The van der Waals surface area contributed by atoms with Gasteiger partial charge in [-0.15, -0.1) is 0 Å². The Kier molecular flexibility index (Phi) is 4.14. The molecule has 1 saturated heterocycles. The topological polar surface area (TPSA) is 61.0 Å². The number of rotatable bonds is 4. The highest BCUT2D eigenvalue weighted by atomic mass is 16.1. The molecule has 1 fully saturated rings. The largest absolute Gasteiger partial charge is 0.370 e. The van der Waals surface area contributed by atoms with Crippen molar-refractivity contribution in [2.45, 2.75) is 19.3 Å². The van der Waals surface area contributed by atoms with Gasteiger partial charge in [0.15, 0.2) is 0 Å². The lowest BCUT2D eigenvalue weighted by Gasteiger charge is -2.28. The molecule has 2 N–H and O–H groups in total. The molecule has 2 rings (SSSR count). The number of aromatic nitrogens is 2. The number of nitrogens with one attached hydrogen (secondary N) is 2. The molecule has 1 aromatic heterocycles. The maximum Gasteiger partial charge on any atom is 0.252 e. The van der Waals surface area contributed by atoms with Gasteiger partial charge >= 0.3 is 0 Å². The van der Waals surface area contributed by atoms with Crippen LogP contribution in [-0.2, 0) is 0 Å². The van der Waals surface area contributed by atoms with Gasteiger partial charge in [0.25, 0.3) is 5.56 Å². The third-order valence-corrected chi connectivity index (χ3v) is 3.38. The molecular weight excluding hydrogens is 216 g/mol. The predicted molar refractivity (Wildman–Crippen MR) is 68.2 cm³/mol. The summed E-state index contributed by atoms with van der Waals surface area (Å²) >= 11 is 0. The fourth-order valence-corrected chi connectivity index (χ4v) is 2.22. The normalized spacial score (nSPS) is 18.2. The summed E-state index contributed by atoms with van der Waals surface area (Å²) < 4.78 is 0. The van der Waals surface area contributed by atoms with Crippen LogP contribution in [0, 0.1) is 5.92 Å². The molecule has 0 aromatic carbocycles. The van der Waals surface area contributed by atoms with E-state index < -0.39 is 0 Å². The van der Waals surface area contributed by atoms with Gasteiger partial charge in [0, 0.05) is 12.6 Å². The van der Waals surface area contributed by atoms with Crippen LogP contribution >= 0.6 is 0 Å². The number of nitrogens with zero attached hydrogens (tertiary/aromatic N) is 2. The maximum absolute atomic E-state index is 11.1. The van der Waals surface area contributed by atoms with E-state index in [4.69, 9.17) is 0 Å². The summed E-state index contributed by atoms with van der Waals surface area (Å²) in [4.78, 5) is 20.0. The average molecular weight is 236 g/mol. The molecule has 1 aliphatic heterocycles. The SMILES string of the molecule is CN1CCC(CCNc2cc(=O)[nH]cn2)CC1. The highest BCUT2D eigenvalue weighted by molar-refractivity contribution is 5.31. The van der Waals surface area contributed by atoms with Gasteiger partial charge in [-0.3, -0.25) is 4.79 Å². The number of hydrogen-bond acceptors (Lipinski definition) is 4. The summed E-state index contributed by atoms with van der Waals surface area (Å²) in [7, 11) is 2.18. The van der Waals surface area contributed by atoms with Crippen LogP contribution in [0.5, 0.6) is 0 Å². The van der Waals surface area contributed by atoms with Gasteiger partial charge in [0.2, 0.25) is 0 Å². The number of hydrogen-bond donors (Lipinski definition) is 2. The summed E-state index contributed by atoms with van der Waals surface area (Å²) in [5.41, 5.74) is -0.109. The third kappa shape index (κ3) is 3.85. The smallest absolute Gasteiger partial charge is 0.252 e. The molecular formula is C12H20N4O. The molecule has 5 heteroatoms. The molecule has 0 atom stereocenters. The molecule has 0 bridgehead atoms. The highest BCUT2D eigenvalue weighted by Crippen LogP contribution is 2.19. The van der Waals surface area contributed by atoms with Crippen molar-refractivity contribution < 1.29 is 0 Å². The van der Waals surface area contributed by atoms with Crippen LogP contribution in [0.15, 0.2) is 17.2 Å². The van der Waals surface area contributed by atoms with E-state index in [-0.39, 0.29) is 5.56 Å². The number of likely N-dealkylation sites (tertiary alicyclic amines) is 1. The van der Waals surface area contributed by atoms with Crippen LogP contribution in [-0.4, -0.2) is 41.5 Å². The van der Waals surface area contributed by atoms with Crippen molar-refractivity contribution in [2.75, 3.05) is 32.0 Å². The lowest BCUT2D eigenvalue weighted by atomic mass is 9.94. The summed E-state index contributed by atoms with van der Waals surface area (Å²) in [6.45, 7) is 3.30. The maximum atomic E-state index is 11.1. The fraction of sp³-hybridized carbons (Fsp3) is 0.667. The third-order valence-electron chi connectivity index (χ3n) is 3.38. The monoisotopic (exact) mass is 236 g/mol. The molecule has 0 amide bonds. The Morgan fingerprint density at radius 1 is 1.53 bits per heavy atom. The second kappa shape index (κ2) is 5.82. The summed E-state index contributed by atoms with van der Waals surface area (Å²) in [5.74, 6) is 1.47. The minimum Gasteiger partial charge on any atom is -0.370 e. The Balaban J connectivity index is 1.71. The van der Waals surface area contributed by atoms with E-state index in [9.17, 15) is 4.79 Å². The van der Waals surface area contributed by atoms with Crippen LogP contribution in [0.25, 0.3) is 0 Å². The Labute approximate surface area is 101 Å². The molecule has 0 spiro atoms. The standard InChI is InChI=1S/C12H20N4O/c1-16-6-3-10(4-7-16)2-5-13-11-8-12(17)15-9-14-11/h8-10H,2-7H2,1H3,(H2,13,14,15,17). The van der Waals surface area contributed by atoms with Crippen LogP contribution in [0.4, 0.5) is 5.82 Å². The van der Waals surface area contributed by atoms with Gasteiger partial charge in [0.1, 0.15) is 5.82 Å². The molecule has 0 aliphatic carbocycles. The average Bonchev–Trinajstić information content (AvgIpc) is 2.32. The van der Waals surface area contributed by atoms with E-state index in [1.54, 1.807) is 0 Å². The zero-order chi connectivity index (χ0) is 12.1. The van der Waals surface area contributed by atoms with Gasteiger partial charge < -0.3 is 15.2 Å². The number of aromatic amines is 1. The Morgan fingerprint density at radius 3 is 3.00 bits per heavy atom. The van der Waals surface area contributed by atoms with Gasteiger partial charge in [-0.2, -0.15) is 0 Å². The summed E-state index contributed by atoms with van der Waals surface area (Å²) in [6, 6.07) is 1.49. The first-order chi connectivity index (χ1) is 8.24. The minimum absolute atomic E-state index is 0.109. The molecule has 17 heavy (non-hydrogen) atoms. The molecule has 1 aliphatic rings. The first kappa shape index (κ1) is 12.1. The second-order valence-electron chi connectivity index (χ2n) is 4.76. The Morgan fingerprint density at radius 2 is 2.29 bits per heavy atom. The zero-order valence-electron chi connectivity index (χ0n) is 10.3. The Bertz CT molecular complexity index is 395. The van der Waals surface area contributed by atoms with Crippen molar-refractivity contribution in [3.8, 4) is 0 Å². The molecule has 0 radical (unpaired) electrons. The molecule has 0 saturated carbocycles. The van der Waals surface area contributed by atoms with Gasteiger partial charge in [-0.1, -0.05) is 0 Å². The van der Waals surface area contributed by atoms with E-state index in [2.05, 4.69) is 27.2 Å². The van der Waals surface area contributed by atoms with E-state index in [0.29, 0.717) is 5.82 Å². The van der Waals surface area contributed by atoms with Crippen LogP contribution in [0.3, 0.4) is 0 Å². The van der Waals surface area contributed by atoms with Crippen molar-refractivity contribution in [2.24, 2.45) is 5.92 Å². The van der Waals surface area contributed by atoms with Gasteiger partial charge in [-0.25, -0.2) is 4.98 Å². The lowest BCUT2D eigenvalue weighted by Crippen LogP contribution is -2.30.